The third-order valence-electron chi connectivity index (χ3n) is 2.86. The largest absolute Gasteiger partial charge is 0.343 e. The Labute approximate surface area is 90.8 Å². The molecule has 3 nitrogen and oxygen atoms in total. The van der Waals surface area contributed by atoms with Crippen LogP contribution in [0, 0.1) is 0 Å². The average Bonchev–Trinajstić information content (AvgIpc) is 2.28. The van der Waals surface area contributed by atoms with E-state index >= 15 is 0 Å². The number of ketones is 1. The SMILES string of the molecule is C/C=C\CCC1=C(C)C(=O)C1(OC)OC. The fourth-order valence-corrected chi connectivity index (χ4v) is 1.97. The second kappa shape index (κ2) is 4.73. The molecule has 0 bridgehead atoms. The number of allylic oxidation sites excluding steroid dienone is 2. The molecule has 0 aromatic heterocycles. The first-order valence-electron chi connectivity index (χ1n) is 5.10. The van der Waals surface area contributed by atoms with E-state index in [1.807, 2.05) is 19.9 Å². The van der Waals surface area contributed by atoms with Crippen LogP contribution in [0.3, 0.4) is 0 Å². The van der Waals surface area contributed by atoms with E-state index in [0.29, 0.717) is 0 Å². The Balaban J connectivity index is 2.81. The van der Waals surface area contributed by atoms with Gasteiger partial charge in [0.15, 0.2) is 0 Å². The Kier molecular flexibility index (Phi) is 3.83. The summed E-state index contributed by atoms with van der Waals surface area (Å²) in [5, 5.41) is 0. The topological polar surface area (TPSA) is 35.5 Å². The summed E-state index contributed by atoms with van der Waals surface area (Å²) in [6.45, 7) is 3.80. The molecule has 1 aliphatic carbocycles. The van der Waals surface area contributed by atoms with Crippen molar-refractivity contribution in [2.45, 2.75) is 32.5 Å². The summed E-state index contributed by atoms with van der Waals surface area (Å²) in [5.41, 5.74) is 1.75. The number of carbonyl (C=O) groups is 1. The van der Waals surface area contributed by atoms with Gasteiger partial charge in [-0.05, 0) is 26.7 Å². The molecule has 0 aliphatic heterocycles. The fourth-order valence-electron chi connectivity index (χ4n) is 1.97. The predicted octanol–water partition coefficient (Wildman–Crippen LogP) is 2.23. The molecule has 1 aliphatic rings. The molecule has 0 radical (unpaired) electrons. The van der Waals surface area contributed by atoms with Crippen molar-refractivity contribution in [2.75, 3.05) is 14.2 Å². The summed E-state index contributed by atoms with van der Waals surface area (Å²) < 4.78 is 10.4. The van der Waals surface area contributed by atoms with Gasteiger partial charge in [-0.25, -0.2) is 0 Å². The minimum Gasteiger partial charge on any atom is -0.343 e. The summed E-state index contributed by atoms with van der Waals surface area (Å²) in [6, 6.07) is 0. The highest BCUT2D eigenvalue weighted by atomic mass is 16.7. The average molecular weight is 210 g/mol. The van der Waals surface area contributed by atoms with Gasteiger partial charge in [0.1, 0.15) is 0 Å². The highest BCUT2D eigenvalue weighted by Crippen LogP contribution is 2.40. The Bertz CT molecular complexity index is 309. The van der Waals surface area contributed by atoms with Gasteiger partial charge < -0.3 is 9.47 Å². The van der Waals surface area contributed by atoms with Crippen LogP contribution in [-0.4, -0.2) is 25.8 Å². The maximum absolute atomic E-state index is 11.7. The normalized spacial score (nSPS) is 19.9. The molecule has 0 fully saturated rings. The number of methoxy groups -OCH3 is 2. The summed E-state index contributed by atoms with van der Waals surface area (Å²) in [4.78, 5) is 11.7. The molecule has 1 rings (SSSR count). The first-order chi connectivity index (χ1) is 7.14. The van der Waals surface area contributed by atoms with Crippen molar-refractivity contribution in [3.63, 3.8) is 0 Å². The zero-order valence-electron chi connectivity index (χ0n) is 9.79. The van der Waals surface area contributed by atoms with E-state index in [-0.39, 0.29) is 5.78 Å². The zero-order chi connectivity index (χ0) is 11.5. The van der Waals surface area contributed by atoms with Crippen molar-refractivity contribution in [2.24, 2.45) is 0 Å². The summed E-state index contributed by atoms with van der Waals surface area (Å²) in [7, 11) is 3.01. The molecule has 0 spiro atoms. The molecule has 0 aromatic carbocycles. The molecule has 0 unspecified atom stereocenters. The summed E-state index contributed by atoms with van der Waals surface area (Å²) in [5.74, 6) is -1.14. The van der Waals surface area contributed by atoms with Crippen molar-refractivity contribution in [3.05, 3.63) is 23.3 Å². The lowest BCUT2D eigenvalue weighted by atomic mass is 9.78. The molecule has 84 valence electrons. The van der Waals surface area contributed by atoms with Gasteiger partial charge in [-0.1, -0.05) is 12.2 Å². The first kappa shape index (κ1) is 12.1. The van der Waals surface area contributed by atoms with Gasteiger partial charge in [-0.3, -0.25) is 4.79 Å². The van der Waals surface area contributed by atoms with Gasteiger partial charge in [0, 0.05) is 25.4 Å². The molecule has 0 saturated carbocycles. The van der Waals surface area contributed by atoms with Crippen LogP contribution in [0.4, 0.5) is 0 Å². The molecule has 0 aromatic rings. The van der Waals surface area contributed by atoms with Gasteiger partial charge in [0.2, 0.25) is 5.78 Å². The molecular weight excluding hydrogens is 192 g/mol. The summed E-state index contributed by atoms with van der Waals surface area (Å²) in [6.07, 6.45) is 5.78. The number of Topliss-reactive ketones (excluding diaryl/α,β-unsaturated/α-hetero) is 1. The fraction of sp³-hybridized carbons (Fsp3) is 0.583. The minimum atomic E-state index is -1.09. The van der Waals surface area contributed by atoms with E-state index in [2.05, 4.69) is 6.08 Å². The molecule has 0 amide bonds. The van der Waals surface area contributed by atoms with Gasteiger partial charge in [-0.15, -0.1) is 0 Å². The number of carbonyl (C=O) groups excluding carboxylic acids is 1. The van der Waals surface area contributed by atoms with Crippen molar-refractivity contribution in [3.8, 4) is 0 Å². The van der Waals surface area contributed by atoms with Crippen LogP contribution in [0.25, 0.3) is 0 Å². The lowest BCUT2D eigenvalue weighted by Gasteiger charge is -2.40. The second-order valence-electron chi connectivity index (χ2n) is 3.57. The quantitative estimate of drug-likeness (QED) is 0.515. The van der Waals surface area contributed by atoms with Gasteiger partial charge in [0.05, 0.1) is 0 Å². The smallest absolute Gasteiger partial charge is 0.256 e. The van der Waals surface area contributed by atoms with Crippen molar-refractivity contribution >= 4 is 5.78 Å². The van der Waals surface area contributed by atoms with E-state index < -0.39 is 5.79 Å². The van der Waals surface area contributed by atoms with E-state index in [0.717, 1.165) is 24.0 Å². The predicted molar refractivity (Wildman–Crippen MR) is 58.5 cm³/mol. The third-order valence-corrected chi connectivity index (χ3v) is 2.86. The van der Waals surface area contributed by atoms with Crippen LogP contribution in [0.2, 0.25) is 0 Å². The Morgan fingerprint density at radius 2 is 1.93 bits per heavy atom. The van der Waals surface area contributed by atoms with E-state index in [1.165, 1.54) is 14.2 Å². The standard InChI is InChI=1S/C12H18O3/c1-5-6-7-8-10-9(2)11(13)12(10,14-3)15-4/h5-6H,7-8H2,1-4H3/b6-5-. The van der Waals surface area contributed by atoms with Gasteiger partial charge >= 0.3 is 0 Å². The third kappa shape index (κ3) is 1.77. The van der Waals surface area contributed by atoms with E-state index in [9.17, 15) is 4.79 Å². The molecule has 0 heterocycles. The maximum atomic E-state index is 11.7. The molecule has 15 heavy (non-hydrogen) atoms. The molecule has 0 atom stereocenters. The van der Waals surface area contributed by atoms with Crippen LogP contribution < -0.4 is 0 Å². The van der Waals surface area contributed by atoms with Gasteiger partial charge in [0.25, 0.3) is 5.79 Å². The Morgan fingerprint density at radius 1 is 1.33 bits per heavy atom. The van der Waals surface area contributed by atoms with Crippen LogP contribution in [0.1, 0.15) is 26.7 Å². The minimum absolute atomic E-state index is 0.0528. The summed E-state index contributed by atoms with van der Waals surface area (Å²) >= 11 is 0. The maximum Gasteiger partial charge on any atom is 0.256 e. The van der Waals surface area contributed by atoms with Crippen molar-refractivity contribution in [1.29, 1.82) is 0 Å². The molecule has 3 heteroatoms. The molecule has 0 N–H and O–H groups in total. The van der Waals surface area contributed by atoms with Gasteiger partial charge in [-0.2, -0.15) is 0 Å². The zero-order valence-corrected chi connectivity index (χ0v) is 9.79. The van der Waals surface area contributed by atoms with E-state index in [1.54, 1.807) is 0 Å². The monoisotopic (exact) mass is 210 g/mol. The number of hydrogen-bond acceptors (Lipinski definition) is 3. The lowest BCUT2D eigenvalue weighted by molar-refractivity contribution is -0.196. The molecular formula is C12H18O3. The Morgan fingerprint density at radius 3 is 2.40 bits per heavy atom. The van der Waals surface area contributed by atoms with Crippen molar-refractivity contribution in [1.82, 2.24) is 0 Å². The number of ether oxygens (including phenoxy) is 2. The molecule has 0 saturated heterocycles. The van der Waals surface area contributed by atoms with Crippen LogP contribution in [-0.2, 0) is 14.3 Å². The highest BCUT2D eigenvalue weighted by Gasteiger charge is 2.52. The number of rotatable bonds is 5. The second-order valence-corrected chi connectivity index (χ2v) is 3.57. The van der Waals surface area contributed by atoms with Crippen LogP contribution in [0.5, 0.6) is 0 Å². The highest BCUT2D eigenvalue weighted by molar-refractivity contribution is 6.10. The first-order valence-corrected chi connectivity index (χ1v) is 5.10. The number of hydrogen-bond donors (Lipinski definition) is 0. The Hall–Kier alpha value is -0.930. The van der Waals surface area contributed by atoms with Crippen LogP contribution >= 0.6 is 0 Å². The lowest BCUT2D eigenvalue weighted by Crippen LogP contribution is -2.53. The van der Waals surface area contributed by atoms with Crippen LogP contribution in [0.15, 0.2) is 23.3 Å². The van der Waals surface area contributed by atoms with Crippen molar-refractivity contribution < 1.29 is 14.3 Å². The van der Waals surface area contributed by atoms with E-state index in [4.69, 9.17) is 9.47 Å².